The summed E-state index contributed by atoms with van der Waals surface area (Å²) in [6.45, 7) is 0.711. The van der Waals surface area contributed by atoms with Gasteiger partial charge < -0.3 is 9.32 Å². The number of nitrogens with zero attached hydrogens (tertiary/aromatic N) is 1. The molecule has 0 aliphatic carbocycles. The van der Waals surface area contributed by atoms with Crippen LogP contribution in [0.4, 0.5) is 5.69 Å². The fraction of sp³-hybridized carbons (Fsp3) is 0.150. The quantitative estimate of drug-likeness (QED) is 0.644. The first-order valence-electron chi connectivity index (χ1n) is 7.98. The number of hydrogen-bond acceptors (Lipinski definition) is 2. The lowest BCUT2D eigenvalue weighted by atomic mass is 10.0. The van der Waals surface area contributed by atoms with Crippen LogP contribution in [0.5, 0.6) is 0 Å². The standard InChI is InChI=1S/C20H16ClNO2/c21-16-8-3-6-15(13-16)18-10-11-19(24-18)20(23)22-12-4-7-14-5-1-2-9-17(14)22/h1-3,5-6,8-11,13H,4,7,12H2. The maximum absolute atomic E-state index is 12.9. The molecule has 2 heterocycles. The minimum absolute atomic E-state index is 0.101. The van der Waals surface area contributed by atoms with E-state index in [1.165, 1.54) is 5.56 Å². The molecule has 0 saturated carbocycles. The fourth-order valence-electron chi connectivity index (χ4n) is 3.13. The Morgan fingerprint density at radius 2 is 1.92 bits per heavy atom. The molecule has 3 nitrogen and oxygen atoms in total. The zero-order valence-corrected chi connectivity index (χ0v) is 13.8. The predicted molar refractivity (Wildman–Crippen MR) is 95.6 cm³/mol. The number of para-hydroxylation sites is 1. The van der Waals surface area contributed by atoms with Crippen LogP contribution in [0.2, 0.25) is 5.02 Å². The first-order chi connectivity index (χ1) is 11.7. The number of aryl methyl sites for hydroxylation is 1. The van der Waals surface area contributed by atoms with Gasteiger partial charge in [-0.1, -0.05) is 41.9 Å². The van der Waals surface area contributed by atoms with Crippen LogP contribution >= 0.6 is 11.6 Å². The first kappa shape index (κ1) is 15.0. The summed E-state index contributed by atoms with van der Waals surface area (Å²) in [5, 5.41) is 0.640. The van der Waals surface area contributed by atoms with E-state index in [0.717, 1.165) is 24.1 Å². The van der Waals surface area contributed by atoms with Gasteiger partial charge in [-0.25, -0.2) is 0 Å². The van der Waals surface area contributed by atoms with Gasteiger partial charge in [0.25, 0.3) is 5.91 Å². The van der Waals surface area contributed by atoms with Crippen LogP contribution in [0.25, 0.3) is 11.3 Å². The van der Waals surface area contributed by atoms with Gasteiger partial charge in [0, 0.05) is 22.8 Å². The molecule has 0 atom stereocenters. The van der Waals surface area contributed by atoms with E-state index in [2.05, 4.69) is 6.07 Å². The van der Waals surface area contributed by atoms with Crippen molar-refractivity contribution in [2.75, 3.05) is 11.4 Å². The normalized spacial score (nSPS) is 13.6. The smallest absolute Gasteiger partial charge is 0.293 e. The van der Waals surface area contributed by atoms with E-state index in [0.29, 0.717) is 23.1 Å². The van der Waals surface area contributed by atoms with E-state index in [4.69, 9.17) is 16.0 Å². The van der Waals surface area contributed by atoms with Crippen molar-refractivity contribution in [1.82, 2.24) is 0 Å². The molecule has 0 saturated heterocycles. The van der Waals surface area contributed by atoms with Crippen molar-refractivity contribution in [3.8, 4) is 11.3 Å². The summed E-state index contributed by atoms with van der Waals surface area (Å²) < 4.78 is 5.80. The van der Waals surface area contributed by atoms with E-state index in [1.807, 2.05) is 48.5 Å². The fourth-order valence-corrected chi connectivity index (χ4v) is 3.32. The minimum Gasteiger partial charge on any atom is -0.451 e. The molecule has 4 rings (SSSR count). The Labute approximate surface area is 145 Å². The highest BCUT2D eigenvalue weighted by atomic mass is 35.5. The van der Waals surface area contributed by atoms with Crippen LogP contribution in [0, 0.1) is 0 Å². The SMILES string of the molecule is O=C(c1ccc(-c2cccc(Cl)c2)o1)N1CCCc2ccccc21. The average Bonchev–Trinajstić information content (AvgIpc) is 3.11. The average molecular weight is 338 g/mol. The number of carbonyl (C=O) groups is 1. The number of anilines is 1. The molecule has 0 unspecified atom stereocenters. The van der Waals surface area contributed by atoms with E-state index in [-0.39, 0.29) is 5.91 Å². The third-order valence-electron chi connectivity index (χ3n) is 4.28. The second-order valence-corrected chi connectivity index (χ2v) is 6.30. The molecule has 0 fully saturated rings. The Kier molecular flexibility index (Phi) is 3.87. The van der Waals surface area contributed by atoms with Crippen LogP contribution in [-0.2, 0) is 6.42 Å². The summed E-state index contributed by atoms with van der Waals surface area (Å²) >= 11 is 6.03. The van der Waals surface area contributed by atoms with E-state index >= 15 is 0 Å². The Hall–Kier alpha value is -2.52. The third kappa shape index (κ3) is 2.72. The highest BCUT2D eigenvalue weighted by molar-refractivity contribution is 6.30. The first-order valence-corrected chi connectivity index (χ1v) is 8.36. The van der Waals surface area contributed by atoms with E-state index in [9.17, 15) is 4.79 Å². The Morgan fingerprint density at radius 1 is 1.04 bits per heavy atom. The highest BCUT2D eigenvalue weighted by Crippen LogP contribution is 2.30. The molecular formula is C20H16ClNO2. The van der Waals surface area contributed by atoms with Crippen molar-refractivity contribution in [3.05, 3.63) is 77.0 Å². The van der Waals surface area contributed by atoms with Gasteiger partial charge in [-0.3, -0.25) is 4.79 Å². The number of benzene rings is 2. The molecule has 1 aromatic heterocycles. The summed E-state index contributed by atoms with van der Waals surface area (Å²) in [7, 11) is 0. The van der Waals surface area contributed by atoms with Crippen molar-refractivity contribution >= 4 is 23.2 Å². The van der Waals surface area contributed by atoms with Crippen LogP contribution in [0.15, 0.2) is 65.1 Å². The molecule has 120 valence electrons. The molecule has 0 radical (unpaired) electrons. The van der Waals surface area contributed by atoms with Crippen molar-refractivity contribution in [3.63, 3.8) is 0 Å². The van der Waals surface area contributed by atoms with Crippen LogP contribution < -0.4 is 4.90 Å². The van der Waals surface area contributed by atoms with E-state index < -0.39 is 0 Å². The van der Waals surface area contributed by atoms with Crippen molar-refractivity contribution in [2.24, 2.45) is 0 Å². The lowest BCUT2D eigenvalue weighted by Gasteiger charge is -2.28. The van der Waals surface area contributed by atoms with Crippen molar-refractivity contribution < 1.29 is 9.21 Å². The van der Waals surface area contributed by atoms with Crippen LogP contribution in [0.3, 0.4) is 0 Å². The Morgan fingerprint density at radius 3 is 2.79 bits per heavy atom. The highest BCUT2D eigenvalue weighted by Gasteiger charge is 2.25. The molecule has 1 aliphatic heterocycles. The van der Waals surface area contributed by atoms with Crippen molar-refractivity contribution in [2.45, 2.75) is 12.8 Å². The number of fused-ring (bicyclic) bond motifs is 1. The summed E-state index contributed by atoms with van der Waals surface area (Å²) in [5.74, 6) is 0.892. The van der Waals surface area contributed by atoms with Gasteiger partial charge >= 0.3 is 0 Å². The molecular weight excluding hydrogens is 322 g/mol. The largest absolute Gasteiger partial charge is 0.451 e. The zero-order valence-electron chi connectivity index (χ0n) is 13.0. The van der Waals surface area contributed by atoms with Gasteiger partial charge in [-0.15, -0.1) is 0 Å². The zero-order chi connectivity index (χ0) is 16.5. The number of amides is 1. The van der Waals surface area contributed by atoms with Gasteiger partial charge in [0.15, 0.2) is 5.76 Å². The molecule has 0 bridgehead atoms. The number of furan rings is 1. The summed E-state index contributed by atoms with van der Waals surface area (Å²) in [5.41, 5.74) is 3.05. The molecule has 4 heteroatoms. The summed E-state index contributed by atoms with van der Waals surface area (Å²) in [6, 6.07) is 19.0. The summed E-state index contributed by atoms with van der Waals surface area (Å²) in [6.07, 6.45) is 1.97. The molecule has 0 N–H and O–H groups in total. The predicted octanol–water partition coefficient (Wildman–Crippen LogP) is 5.19. The number of rotatable bonds is 2. The van der Waals surface area contributed by atoms with Gasteiger partial charge in [-0.2, -0.15) is 0 Å². The molecule has 24 heavy (non-hydrogen) atoms. The second-order valence-electron chi connectivity index (χ2n) is 5.86. The molecule has 3 aromatic rings. The Bertz CT molecular complexity index is 900. The van der Waals surface area contributed by atoms with Gasteiger partial charge in [0.05, 0.1) is 0 Å². The number of carbonyl (C=O) groups excluding carboxylic acids is 1. The lowest BCUT2D eigenvalue weighted by Crippen LogP contribution is -2.35. The van der Waals surface area contributed by atoms with Crippen LogP contribution in [-0.4, -0.2) is 12.5 Å². The molecule has 0 spiro atoms. The molecule has 2 aromatic carbocycles. The number of hydrogen-bond donors (Lipinski definition) is 0. The molecule has 1 aliphatic rings. The van der Waals surface area contributed by atoms with E-state index in [1.54, 1.807) is 11.0 Å². The minimum atomic E-state index is -0.101. The second kappa shape index (κ2) is 6.17. The monoisotopic (exact) mass is 337 g/mol. The third-order valence-corrected chi connectivity index (χ3v) is 4.52. The number of halogens is 1. The summed E-state index contributed by atoms with van der Waals surface area (Å²) in [4.78, 5) is 14.7. The maximum atomic E-state index is 12.9. The van der Waals surface area contributed by atoms with Gasteiger partial charge in [-0.05, 0) is 48.7 Å². The Balaban J connectivity index is 1.65. The van der Waals surface area contributed by atoms with Crippen molar-refractivity contribution in [1.29, 1.82) is 0 Å². The lowest BCUT2D eigenvalue weighted by molar-refractivity contribution is 0.0959. The van der Waals surface area contributed by atoms with Crippen LogP contribution in [0.1, 0.15) is 22.5 Å². The van der Waals surface area contributed by atoms with Gasteiger partial charge in [0.2, 0.25) is 0 Å². The topological polar surface area (TPSA) is 33.5 Å². The molecule has 1 amide bonds. The maximum Gasteiger partial charge on any atom is 0.293 e. The van der Waals surface area contributed by atoms with Gasteiger partial charge in [0.1, 0.15) is 5.76 Å².